The van der Waals surface area contributed by atoms with E-state index in [4.69, 9.17) is 0 Å². The number of likely N-dealkylation sites (N-methyl/N-ethyl adjacent to an activating group) is 1. The Bertz CT molecular complexity index is 1020. The van der Waals surface area contributed by atoms with Gasteiger partial charge in [-0.3, -0.25) is 14.5 Å². The Morgan fingerprint density at radius 2 is 1.88 bits per heavy atom. The van der Waals surface area contributed by atoms with Gasteiger partial charge >= 0.3 is 5.97 Å². The molecule has 6 atom stereocenters. The number of carbonyl (C=O) groups excluding carboxylic acids is 2. The molecule has 2 saturated heterocycles. The molecule has 1 aromatic rings. The first kappa shape index (κ1) is 24.6. The van der Waals surface area contributed by atoms with Crippen LogP contribution in [0.4, 0.5) is 0 Å². The summed E-state index contributed by atoms with van der Waals surface area (Å²) in [6, 6.07) is 6.17. The van der Waals surface area contributed by atoms with Crippen LogP contribution in [-0.2, 0) is 20.9 Å². The maximum absolute atomic E-state index is 12.9. The molecule has 0 saturated carbocycles. The highest BCUT2D eigenvalue weighted by Gasteiger charge is 2.60. The Kier molecular flexibility index (Phi) is 6.67. The van der Waals surface area contributed by atoms with Crippen LogP contribution in [0.25, 0.3) is 0 Å². The van der Waals surface area contributed by atoms with E-state index in [0.717, 1.165) is 5.56 Å². The molecule has 0 bridgehead atoms. The van der Waals surface area contributed by atoms with E-state index in [2.05, 4.69) is 4.90 Å². The van der Waals surface area contributed by atoms with Gasteiger partial charge in [-0.25, -0.2) is 4.79 Å². The van der Waals surface area contributed by atoms with Crippen molar-refractivity contribution >= 4 is 29.5 Å². The molecule has 2 fully saturated rings. The SMILES string of the molecule is C[C@@H](O)[C@H]1C(=O)N2C(C(=O)O)=C(S[C@H]3C[C@@H](C(=O)N(C)C)N(Cc4ccc(O)cc4)C3)[C@H](C)[C@H]12. The van der Waals surface area contributed by atoms with Crippen molar-refractivity contribution in [2.45, 2.75) is 50.3 Å². The Labute approximate surface area is 203 Å². The van der Waals surface area contributed by atoms with E-state index in [1.165, 1.54) is 16.7 Å². The van der Waals surface area contributed by atoms with Gasteiger partial charge in [-0.1, -0.05) is 19.1 Å². The number of carbonyl (C=O) groups is 3. The zero-order valence-corrected chi connectivity index (χ0v) is 20.5. The van der Waals surface area contributed by atoms with Crippen LogP contribution in [0.1, 0.15) is 25.8 Å². The van der Waals surface area contributed by atoms with E-state index in [1.54, 1.807) is 38.1 Å². The first-order valence-electron chi connectivity index (χ1n) is 11.4. The lowest BCUT2D eigenvalue weighted by Gasteiger charge is -2.46. The summed E-state index contributed by atoms with van der Waals surface area (Å²) in [5, 5.41) is 29.5. The van der Waals surface area contributed by atoms with Gasteiger partial charge in [0.2, 0.25) is 11.8 Å². The van der Waals surface area contributed by atoms with E-state index in [0.29, 0.717) is 24.4 Å². The molecular weight excluding hydrogens is 458 g/mol. The standard InChI is InChI=1S/C24H31N3O6S/c1-12-19-18(13(2)28)23(31)27(19)20(24(32)33)21(12)34-16-9-17(22(30)25(3)4)26(11-16)10-14-5-7-15(29)8-6-14/h5-8,12-13,16-19,28-29H,9-11H2,1-4H3,(H,32,33)/t12-,13-,16+,17+,18-,19-/m1/s1. The van der Waals surface area contributed by atoms with Gasteiger partial charge in [0, 0.05) is 43.3 Å². The molecule has 3 aliphatic rings. The maximum Gasteiger partial charge on any atom is 0.353 e. The Morgan fingerprint density at radius 1 is 1.24 bits per heavy atom. The number of likely N-dealkylation sites (tertiary alicyclic amines) is 1. The summed E-state index contributed by atoms with van der Waals surface area (Å²) in [4.78, 5) is 43.3. The minimum absolute atomic E-state index is 0.0110. The molecule has 184 valence electrons. The summed E-state index contributed by atoms with van der Waals surface area (Å²) in [5.74, 6) is -2.13. The van der Waals surface area contributed by atoms with Crippen LogP contribution in [0.5, 0.6) is 5.75 Å². The first-order valence-corrected chi connectivity index (χ1v) is 12.3. The van der Waals surface area contributed by atoms with E-state index >= 15 is 0 Å². The van der Waals surface area contributed by atoms with E-state index in [1.807, 2.05) is 19.1 Å². The number of hydrogen-bond donors (Lipinski definition) is 3. The van der Waals surface area contributed by atoms with Crippen molar-refractivity contribution in [1.29, 1.82) is 0 Å². The number of hydrogen-bond acceptors (Lipinski definition) is 7. The number of nitrogens with zero attached hydrogens (tertiary/aromatic N) is 3. The predicted molar refractivity (Wildman–Crippen MR) is 127 cm³/mol. The molecule has 1 aromatic carbocycles. The van der Waals surface area contributed by atoms with Gasteiger partial charge in [-0.2, -0.15) is 0 Å². The number of benzene rings is 1. The molecule has 3 heterocycles. The third-order valence-electron chi connectivity index (χ3n) is 7.02. The first-order chi connectivity index (χ1) is 16.0. The van der Waals surface area contributed by atoms with Crippen molar-refractivity contribution in [3.05, 3.63) is 40.4 Å². The van der Waals surface area contributed by atoms with E-state index < -0.39 is 18.0 Å². The summed E-state index contributed by atoms with van der Waals surface area (Å²) in [5.41, 5.74) is 0.978. The van der Waals surface area contributed by atoms with Crippen LogP contribution in [0.3, 0.4) is 0 Å². The molecule has 3 N–H and O–H groups in total. The van der Waals surface area contributed by atoms with Crippen molar-refractivity contribution in [2.24, 2.45) is 11.8 Å². The molecule has 0 radical (unpaired) electrons. The quantitative estimate of drug-likeness (QED) is 0.490. The number of carboxylic acid groups (broad SMARTS) is 1. The van der Waals surface area contributed by atoms with Crippen LogP contribution in [-0.4, -0.2) is 91.9 Å². The average molecular weight is 490 g/mol. The summed E-state index contributed by atoms with van der Waals surface area (Å²) in [6.45, 7) is 4.58. The summed E-state index contributed by atoms with van der Waals surface area (Å²) < 4.78 is 0. The van der Waals surface area contributed by atoms with Gasteiger partial charge in [0.25, 0.3) is 0 Å². The summed E-state index contributed by atoms with van der Waals surface area (Å²) in [6.07, 6.45) is -0.286. The third kappa shape index (κ3) is 4.18. The predicted octanol–water partition coefficient (Wildman–Crippen LogP) is 1.31. The molecule has 0 aromatic heterocycles. The number of aromatic hydroxyl groups is 1. The maximum atomic E-state index is 12.9. The number of phenolic OH excluding ortho intramolecular Hbond substituents is 1. The van der Waals surface area contributed by atoms with Gasteiger partial charge in [-0.05, 0) is 31.0 Å². The van der Waals surface area contributed by atoms with Crippen LogP contribution in [0.2, 0.25) is 0 Å². The van der Waals surface area contributed by atoms with Crippen LogP contribution >= 0.6 is 11.8 Å². The zero-order valence-electron chi connectivity index (χ0n) is 19.7. The van der Waals surface area contributed by atoms with Crippen LogP contribution < -0.4 is 0 Å². The number of carboxylic acids is 1. The van der Waals surface area contributed by atoms with Crippen LogP contribution in [0, 0.1) is 11.8 Å². The lowest BCUT2D eigenvalue weighted by atomic mass is 9.79. The van der Waals surface area contributed by atoms with Gasteiger partial charge in [0.15, 0.2) is 0 Å². The number of fused-ring (bicyclic) bond motifs is 1. The number of aliphatic hydroxyl groups is 1. The second-order valence-corrected chi connectivity index (χ2v) is 10.9. The van der Waals surface area contributed by atoms with E-state index in [9.17, 15) is 29.7 Å². The largest absolute Gasteiger partial charge is 0.508 e. The number of thioether (sulfide) groups is 1. The van der Waals surface area contributed by atoms with Gasteiger partial charge in [0.1, 0.15) is 11.4 Å². The molecule has 9 nitrogen and oxygen atoms in total. The van der Waals surface area contributed by atoms with Crippen molar-refractivity contribution in [3.63, 3.8) is 0 Å². The van der Waals surface area contributed by atoms with Crippen molar-refractivity contribution < 1.29 is 29.7 Å². The molecule has 34 heavy (non-hydrogen) atoms. The minimum atomic E-state index is -1.14. The molecule has 0 unspecified atom stereocenters. The second-order valence-electron chi connectivity index (χ2n) is 9.59. The van der Waals surface area contributed by atoms with Gasteiger partial charge < -0.3 is 25.1 Å². The molecule has 0 spiro atoms. The highest BCUT2D eigenvalue weighted by molar-refractivity contribution is 8.03. The molecule has 0 aliphatic carbocycles. The van der Waals surface area contributed by atoms with Crippen molar-refractivity contribution in [1.82, 2.24) is 14.7 Å². The smallest absolute Gasteiger partial charge is 0.353 e. The molecule has 4 rings (SSSR count). The number of rotatable bonds is 7. The lowest BCUT2D eigenvalue weighted by molar-refractivity contribution is -0.163. The fourth-order valence-corrected chi connectivity index (χ4v) is 6.93. The Morgan fingerprint density at radius 3 is 2.44 bits per heavy atom. The number of aliphatic hydroxyl groups excluding tert-OH is 1. The number of amides is 2. The fraction of sp³-hybridized carbons (Fsp3) is 0.542. The number of phenols is 1. The Balaban J connectivity index is 1.57. The molecular formula is C24H31N3O6S. The summed E-state index contributed by atoms with van der Waals surface area (Å²) in [7, 11) is 3.44. The monoisotopic (exact) mass is 489 g/mol. The molecule has 10 heteroatoms. The highest BCUT2D eigenvalue weighted by atomic mass is 32.2. The minimum Gasteiger partial charge on any atom is -0.508 e. The lowest BCUT2D eigenvalue weighted by Crippen LogP contribution is -2.63. The zero-order chi connectivity index (χ0) is 24.9. The van der Waals surface area contributed by atoms with Gasteiger partial charge in [0.05, 0.1) is 24.1 Å². The average Bonchev–Trinajstić information content (AvgIpc) is 3.26. The van der Waals surface area contributed by atoms with Crippen LogP contribution in [0.15, 0.2) is 34.9 Å². The van der Waals surface area contributed by atoms with Crippen molar-refractivity contribution in [2.75, 3.05) is 20.6 Å². The second kappa shape index (κ2) is 9.24. The van der Waals surface area contributed by atoms with Crippen molar-refractivity contribution in [3.8, 4) is 5.75 Å². The number of β-lactam (4-membered cyclic amide) rings is 1. The summed E-state index contributed by atoms with van der Waals surface area (Å²) >= 11 is 1.44. The number of aliphatic carboxylic acids is 1. The Hall–Kier alpha value is -2.56. The van der Waals surface area contributed by atoms with E-state index in [-0.39, 0.29) is 46.5 Å². The fourth-order valence-electron chi connectivity index (χ4n) is 5.37. The molecule has 2 amide bonds. The molecule has 3 aliphatic heterocycles. The third-order valence-corrected chi connectivity index (χ3v) is 8.51. The topological polar surface area (TPSA) is 122 Å². The van der Waals surface area contributed by atoms with Gasteiger partial charge in [-0.15, -0.1) is 11.8 Å². The normalized spacial score (nSPS) is 29.7. The highest BCUT2D eigenvalue weighted by Crippen LogP contribution is 2.52.